The van der Waals surface area contributed by atoms with E-state index in [1.54, 1.807) is 0 Å². The summed E-state index contributed by atoms with van der Waals surface area (Å²) in [4.78, 5) is 11.5. The maximum Gasteiger partial charge on any atom is 0.128 e. The smallest absolute Gasteiger partial charge is 0.128 e. The van der Waals surface area contributed by atoms with E-state index in [0.29, 0.717) is 0 Å². The van der Waals surface area contributed by atoms with Crippen molar-refractivity contribution >= 4 is 16.9 Å². The molecular formula is C23H22N4O. The van der Waals surface area contributed by atoms with Crippen LogP contribution in [0, 0.1) is 6.92 Å². The number of hydrogen-bond donors (Lipinski definition) is 0. The Labute approximate surface area is 164 Å². The summed E-state index contributed by atoms with van der Waals surface area (Å²) in [5.41, 5.74) is 6.70. The number of nitrogens with zero attached hydrogens (tertiary/aromatic N) is 4. The van der Waals surface area contributed by atoms with Gasteiger partial charge >= 0.3 is 0 Å². The predicted octanol–water partition coefficient (Wildman–Crippen LogP) is 4.23. The summed E-state index contributed by atoms with van der Waals surface area (Å²) >= 11 is 0. The number of fused-ring (bicyclic) bond motifs is 1. The molecule has 0 unspecified atom stereocenters. The van der Waals surface area contributed by atoms with Crippen molar-refractivity contribution in [2.45, 2.75) is 6.92 Å². The Kier molecular flexibility index (Phi) is 4.29. The molecule has 2 aromatic carbocycles. The Balaban J connectivity index is 1.49. The lowest BCUT2D eigenvalue weighted by atomic mass is 10.1. The van der Waals surface area contributed by atoms with Crippen LogP contribution in [0.1, 0.15) is 5.56 Å². The van der Waals surface area contributed by atoms with E-state index < -0.39 is 0 Å². The zero-order valence-electron chi connectivity index (χ0n) is 15.9. The second-order valence-electron chi connectivity index (χ2n) is 7.16. The summed E-state index contributed by atoms with van der Waals surface area (Å²) < 4.78 is 7.56. The lowest BCUT2D eigenvalue weighted by Crippen LogP contribution is -2.36. The molecule has 0 bridgehead atoms. The molecule has 3 heterocycles. The van der Waals surface area contributed by atoms with Gasteiger partial charge < -0.3 is 9.64 Å². The third-order valence-corrected chi connectivity index (χ3v) is 5.28. The molecule has 28 heavy (non-hydrogen) atoms. The Morgan fingerprint density at radius 2 is 1.64 bits per heavy atom. The van der Waals surface area contributed by atoms with Gasteiger partial charge in [-0.05, 0) is 48.9 Å². The van der Waals surface area contributed by atoms with Crippen LogP contribution < -0.4 is 4.90 Å². The Morgan fingerprint density at radius 1 is 0.857 bits per heavy atom. The van der Waals surface area contributed by atoms with Gasteiger partial charge in [0.2, 0.25) is 0 Å². The highest BCUT2D eigenvalue weighted by Gasteiger charge is 2.13. The van der Waals surface area contributed by atoms with E-state index >= 15 is 0 Å². The Hall–Kier alpha value is -3.18. The van der Waals surface area contributed by atoms with Crippen molar-refractivity contribution < 1.29 is 4.74 Å². The van der Waals surface area contributed by atoms with Gasteiger partial charge in [-0.25, -0.2) is 9.97 Å². The molecule has 5 nitrogen and oxygen atoms in total. The molecule has 0 spiro atoms. The van der Waals surface area contributed by atoms with Gasteiger partial charge in [-0.3, -0.25) is 4.57 Å². The second kappa shape index (κ2) is 7.09. The van der Waals surface area contributed by atoms with Crippen LogP contribution in [-0.2, 0) is 4.74 Å². The molecule has 0 saturated carbocycles. The SMILES string of the molecule is Cc1ccc(-n2cnc3ccc(-c4ccc(N5CCOCC5)nc4)cc32)cc1. The van der Waals surface area contributed by atoms with Crippen LogP contribution in [0.25, 0.3) is 27.8 Å². The fourth-order valence-electron chi connectivity index (χ4n) is 3.63. The van der Waals surface area contributed by atoms with E-state index in [4.69, 9.17) is 4.74 Å². The maximum atomic E-state index is 5.42. The highest BCUT2D eigenvalue weighted by Crippen LogP contribution is 2.27. The van der Waals surface area contributed by atoms with Gasteiger partial charge in [-0.15, -0.1) is 0 Å². The van der Waals surface area contributed by atoms with Crippen LogP contribution in [0.3, 0.4) is 0 Å². The molecule has 0 amide bonds. The molecule has 1 aliphatic rings. The van der Waals surface area contributed by atoms with Crippen molar-refractivity contribution in [1.29, 1.82) is 0 Å². The number of rotatable bonds is 3. The van der Waals surface area contributed by atoms with E-state index in [1.165, 1.54) is 5.56 Å². The third-order valence-electron chi connectivity index (χ3n) is 5.28. The lowest BCUT2D eigenvalue weighted by molar-refractivity contribution is 0.122. The number of ether oxygens (including phenoxy) is 1. The lowest BCUT2D eigenvalue weighted by Gasteiger charge is -2.27. The van der Waals surface area contributed by atoms with Gasteiger partial charge in [0.1, 0.15) is 12.1 Å². The topological polar surface area (TPSA) is 43.2 Å². The zero-order chi connectivity index (χ0) is 18.9. The molecule has 0 radical (unpaired) electrons. The van der Waals surface area contributed by atoms with Crippen molar-refractivity contribution in [3.05, 3.63) is 72.7 Å². The van der Waals surface area contributed by atoms with E-state index in [0.717, 1.165) is 60.0 Å². The van der Waals surface area contributed by atoms with Crippen LogP contribution in [-0.4, -0.2) is 40.8 Å². The largest absolute Gasteiger partial charge is 0.378 e. The van der Waals surface area contributed by atoms with Crippen LogP contribution in [0.5, 0.6) is 0 Å². The van der Waals surface area contributed by atoms with E-state index in [2.05, 4.69) is 81.0 Å². The molecule has 0 N–H and O–H groups in total. The van der Waals surface area contributed by atoms with Crippen LogP contribution >= 0.6 is 0 Å². The summed E-state index contributed by atoms with van der Waals surface area (Å²) in [5, 5.41) is 0. The molecule has 5 heteroatoms. The minimum atomic E-state index is 0.767. The minimum Gasteiger partial charge on any atom is -0.378 e. The van der Waals surface area contributed by atoms with Gasteiger partial charge in [0.05, 0.1) is 24.2 Å². The highest BCUT2D eigenvalue weighted by atomic mass is 16.5. The van der Waals surface area contributed by atoms with E-state index in [-0.39, 0.29) is 0 Å². The fraction of sp³-hybridized carbons (Fsp3) is 0.217. The van der Waals surface area contributed by atoms with Gasteiger partial charge in [0.15, 0.2) is 0 Å². The number of aromatic nitrogens is 3. The Morgan fingerprint density at radius 3 is 2.39 bits per heavy atom. The first-order valence-corrected chi connectivity index (χ1v) is 9.61. The van der Waals surface area contributed by atoms with Gasteiger partial charge in [0, 0.05) is 30.5 Å². The first-order valence-electron chi connectivity index (χ1n) is 9.61. The molecule has 0 aliphatic carbocycles. The van der Waals surface area contributed by atoms with Crippen molar-refractivity contribution in [2.24, 2.45) is 0 Å². The summed E-state index contributed by atoms with van der Waals surface area (Å²) in [7, 11) is 0. The second-order valence-corrected chi connectivity index (χ2v) is 7.16. The highest BCUT2D eigenvalue weighted by molar-refractivity contribution is 5.83. The molecule has 1 fully saturated rings. The quantitative estimate of drug-likeness (QED) is 0.541. The van der Waals surface area contributed by atoms with Crippen LogP contribution in [0.15, 0.2) is 67.1 Å². The van der Waals surface area contributed by atoms with Crippen molar-refractivity contribution in [3.8, 4) is 16.8 Å². The first-order chi connectivity index (χ1) is 13.8. The first kappa shape index (κ1) is 17.0. The number of pyridine rings is 1. The summed E-state index contributed by atoms with van der Waals surface area (Å²) in [6, 6.07) is 19.1. The molecule has 5 rings (SSSR count). The summed E-state index contributed by atoms with van der Waals surface area (Å²) in [6.07, 6.45) is 3.84. The predicted molar refractivity (Wildman–Crippen MR) is 112 cm³/mol. The average molecular weight is 370 g/mol. The number of imidazole rings is 1. The molecule has 0 atom stereocenters. The number of aryl methyl sites for hydroxylation is 1. The molecule has 4 aromatic rings. The fourth-order valence-corrected chi connectivity index (χ4v) is 3.63. The standard InChI is InChI=1S/C23H22N4O/c1-17-2-6-20(7-3-17)27-16-25-21-8-4-18(14-22(21)27)19-5-9-23(24-15-19)26-10-12-28-13-11-26/h2-9,14-16H,10-13H2,1H3. The van der Waals surface area contributed by atoms with Crippen LogP contribution in [0.4, 0.5) is 5.82 Å². The summed E-state index contributed by atoms with van der Waals surface area (Å²) in [5.74, 6) is 1.01. The minimum absolute atomic E-state index is 0.767. The van der Waals surface area contributed by atoms with Crippen molar-refractivity contribution in [1.82, 2.24) is 14.5 Å². The van der Waals surface area contributed by atoms with Gasteiger partial charge in [-0.1, -0.05) is 23.8 Å². The molecular weight excluding hydrogens is 348 g/mol. The van der Waals surface area contributed by atoms with Crippen molar-refractivity contribution in [2.75, 3.05) is 31.2 Å². The molecule has 140 valence electrons. The molecule has 1 aliphatic heterocycles. The number of anilines is 1. The number of benzene rings is 2. The van der Waals surface area contributed by atoms with E-state index in [1.807, 2.05) is 12.5 Å². The number of morpholine rings is 1. The monoisotopic (exact) mass is 370 g/mol. The number of hydrogen-bond acceptors (Lipinski definition) is 4. The maximum absolute atomic E-state index is 5.42. The van der Waals surface area contributed by atoms with Crippen LogP contribution in [0.2, 0.25) is 0 Å². The third kappa shape index (κ3) is 3.14. The molecule has 1 saturated heterocycles. The molecule has 2 aromatic heterocycles. The van der Waals surface area contributed by atoms with Gasteiger partial charge in [0.25, 0.3) is 0 Å². The van der Waals surface area contributed by atoms with Crippen molar-refractivity contribution in [3.63, 3.8) is 0 Å². The normalized spacial score (nSPS) is 14.5. The van der Waals surface area contributed by atoms with Gasteiger partial charge in [-0.2, -0.15) is 0 Å². The summed E-state index contributed by atoms with van der Waals surface area (Å²) in [6.45, 7) is 5.43. The zero-order valence-corrected chi connectivity index (χ0v) is 15.9. The average Bonchev–Trinajstić information content (AvgIpc) is 3.18. The Bertz CT molecular complexity index is 1090. The van der Waals surface area contributed by atoms with E-state index in [9.17, 15) is 0 Å².